The third kappa shape index (κ3) is 3.37. The van der Waals surface area contributed by atoms with Gasteiger partial charge in [0.15, 0.2) is 5.13 Å². The molecule has 3 heterocycles. The van der Waals surface area contributed by atoms with Crippen molar-refractivity contribution in [2.45, 2.75) is 51.1 Å². The Morgan fingerprint density at radius 3 is 2.95 bits per heavy atom. The Bertz CT molecular complexity index is 498. The van der Waals surface area contributed by atoms with Gasteiger partial charge in [0, 0.05) is 37.0 Å². The summed E-state index contributed by atoms with van der Waals surface area (Å²) < 4.78 is 0. The Balaban J connectivity index is 1.42. The van der Waals surface area contributed by atoms with Gasteiger partial charge in [0.05, 0.1) is 5.69 Å². The largest absolute Gasteiger partial charge is 0.375 e. The fourth-order valence-electron chi connectivity index (χ4n) is 3.36. The molecule has 0 aromatic carbocycles. The van der Waals surface area contributed by atoms with Gasteiger partial charge in [-0.25, -0.2) is 4.98 Å². The lowest BCUT2D eigenvalue weighted by molar-refractivity contribution is -0.139. The summed E-state index contributed by atoms with van der Waals surface area (Å²) in [6.07, 6.45) is 5.21. The number of aromatic nitrogens is 1. The molecule has 3 rings (SSSR count). The van der Waals surface area contributed by atoms with Crippen molar-refractivity contribution in [2.24, 2.45) is 0 Å². The number of nitrogens with two attached hydrogens (primary N) is 1. The van der Waals surface area contributed by atoms with E-state index in [2.05, 4.69) is 16.8 Å². The molecule has 0 aliphatic carbocycles. The Kier molecular flexibility index (Phi) is 4.45. The van der Waals surface area contributed by atoms with Gasteiger partial charge in [-0.05, 0) is 32.7 Å². The Morgan fingerprint density at radius 2 is 2.29 bits per heavy atom. The van der Waals surface area contributed by atoms with E-state index in [-0.39, 0.29) is 5.91 Å². The molecule has 2 aliphatic rings. The third-order valence-corrected chi connectivity index (χ3v) is 5.43. The lowest BCUT2D eigenvalue weighted by Gasteiger charge is -2.49. The normalized spacial score (nSPS) is 24.0. The predicted molar refractivity (Wildman–Crippen MR) is 85.2 cm³/mol. The number of anilines is 1. The van der Waals surface area contributed by atoms with Crippen LogP contribution in [0.1, 0.15) is 38.3 Å². The number of piperidine rings is 1. The van der Waals surface area contributed by atoms with Crippen LogP contribution in [0.2, 0.25) is 0 Å². The van der Waals surface area contributed by atoms with E-state index < -0.39 is 0 Å². The van der Waals surface area contributed by atoms with Gasteiger partial charge >= 0.3 is 0 Å². The van der Waals surface area contributed by atoms with E-state index in [1.165, 1.54) is 37.1 Å². The highest BCUT2D eigenvalue weighted by Gasteiger charge is 2.36. The van der Waals surface area contributed by atoms with Crippen molar-refractivity contribution >= 4 is 22.4 Å². The summed E-state index contributed by atoms with van der Waals surface area (Å²) in [7, 11) is 0. The molecule has 1 atom stereocenters. The summed E-state index contributed by atoms with van der Waals surface area (Å²) in [5.74, 6) is 0.252. The lowest BCUT2D eigenvalue weighted by atomic mass is 9.97. The van der Waals surface area contributed by atoms with E-state index in [9.17, 15) is 4.79 Å². The molecule has 116 valence electrons. The van der Waals surface area contributed by atoms with Crippen LogP contribution >= 0.6 is 11.3 Å². The number of nitrogens with zero attached hydrogens (tertiary/aromatic N) is 3. The number of rotatable bonds is 4. The second-order valence-electron chi connectivity index (χ2n) is 6.21. The van der Waals surface area contributed by atoms with Crippen molar-refractivity contribution in [2.75, 3.05) is 25.4 Å². The molecule has 21 heavy (non-hydrogen) atoms. The molecule has 1 aromatic heterocycles. The van der Waals surface area contributed by atoms with Gasteiger partial charge in [-0.1, -0.05) is 6.42 Å². The molecule has 5 nitrogen and oxygen atoms in total. The second-order valence-corrected chi connectivity index (χ2v) is 7.10. The number of amides is 1. The van der Waals surface area contributed by atoms with Crippen LogP contribution in [0.4, 0.5) is 5.13 Å². The van der Waals surface area contributed by atoms with E-state index in [0.717, 1.165) is 18.8 Å². The maximum atomic E-state index is 12.2. The first-order chi connectivity index (χ1) is 10.1. The van der Waals surface area contributed by atoms with Crippen molar-refractivity contribution in [3.05, 3.63) is 11.1 Å². The molecule has 0 bridgehead atoms. The van der Waals surface area contributed by atoms with Crippen molar-refractivity contribution in [1.82, 2.24) is 14.8 Å². The van der Waals surface area contributed by atoms with Gasteiger partial charge < -0.3 is 10.6 Å². The minimum atomic E-state index is 0.252. The van der Waals surface area contributed by atoms with Gasteiger partial charge in [-0.3, -0.25) is 9.69 Å². The van der Waals surface area contributed by atoms with Crippen LogP contribution in [0.15, 0.2) is 5.38 Å². The zero-order valence-electron chi connectivity index (χ0n) is 12.6. The molecule has 1 amide bonds. The van der Waals surface area contributed by atoms with Crippen molar-refractivity contribution < 1.29 is 4.79 Å². The first-order valence-corrected chi connectivity index (χ1v) is 8.75. The molecule has 2 fully saturated rings. The monoisotopic (exact) mass is 308 g/mol. The highest BCUT2D eigenvalue weighted by molar-refractivity contribution is 7.13. The number of hydrogen-bond acceptors (Lipinski definition) is 5. The number of hydrogen-bond donors (Lipinski definition) is 1. The molecule has 2 saturated heterocycles. The van der Waals surface area contributed by atoms with Crippen LogP contribution in [0.3, 0.4) is 0 Å². The molecular weight excluding hydrogens is 284 g/mol. The lowest BCUT2D eigenvalue weighted by Crippen LogP contribution is -2.63. The highest BCUT2D eigenvalue weighted by Crippen LogP contribution is 2.25. The van der Waals surface area contributed by atoms with Crippen molar-refractivity contribution in [1.29, 1.82) is 0 Å². The second kappa shape index (κ2) is 6.32. The smallest absolute Gasteiger partial charge is 0.223 e. The van der Waals surface area contributed by atoms with Gasteiger partial charge in [-0.15, -0.1) is 11.3 Å². The fourth-order valence-corrected chi connectivity index (χ4v) is 3.96. The quantitative estimate of drug-likeness (QED) is 0.920. The first-order valence-electron chi connectivity index (χ1n) is 7.87. The topological polar surface area (TPSA) is 62.5 Å². The highest BCUT2D eigenvalue weighted by atomic mass is 32.1. The van der Waals surface area contributed by atoms with Crippen LogP contribution < -0.4 is 5.73 Å². The zero-order valence-corrected chi connectivity index (χ0v) is 13.4. The van der Waals surface area contributed by atoms with Gasteiger partial charge in [0.1, 0.15) is 0 Å². The number of likely N-dealkylation sites (tertiary alicyclic amines) is 2. The van der Waals surface area contributed by atoms with E-state index in [1.54, 1.807) is 0 Å². The molecule has 2 aliphatic heterocycles. The van der Waals surface area contributed by atoms with Crippen LogP contribution in [-0.2, 0) is 11.2 Å². The van der Waals surface area contributed by atoms with E-state index in [0.29, 0.717) is 30.1 Å². The molecule has 0 spiro atoms. The summed E-state index contributed by atoms with van der Waals surface area (Å²) in [4.78, 5) is 20.9. The first kappa shape index (κ1) is 14.8. The molecule has 2 N–H and O–H groups in total. The summed E-state index contributed by atoms with van der Waals surface area (Å²) >= 11 is 1.44. The number of thiazole rings is 1. The number of carbonyl (C=O) groups excluding carboxylic acids is 1. The van der Waals surface area contributed by atoms with Gasteiger partial charge in [0.2, 0.25) is 5.91 Å². The average molecular weight is 308 g/mol. The summed E-state index contributed by atoms with van der Waals surface area (Å²) in [6.45, 7) is 5.33. The van der Waals surface area contributed by atoms with Gasteiger partial charge in [0.25, 0.3) is 0 Å². The number of nitrogen functional groups attached to an aromatic ring is 1. The average Bonchev–Trinajstić information content (AvgIpc) is 2.83. The fraction of sp³-hybridized carbons (Fsp3) is 0.733. The maximum absolute atomic E-state index is 12.2. The van der Waals surface area contributed by atoms with Crippen LogP contribution in [0.5, 0.6) is 0 Å². The summed E-state index contributed by atoms with van der Waals surface area (Å²) in [5.41, 5.74) is 6.54. The standard InChI is InChI=1S/C15H24N4OS/c1-11-4-2-3-7-19(11)13-8-18(9-13)14(20)6-5-12-10-21-15(16)17-12/h10-11,13H,2-9H2,1H3,(H2,16,17)/t11-/m1/s1. The minimum Gasteiger partial charge on any atom is -0.375 e. The molecular formula is C15H24N4OS. The molecule has 0 saturated carbocycles. The molecule has 6 heteroatoms. The summed E-state index contributed by atoms with van der Waals surface area (Å²) in [5, 5.41) is 2.53. The van der Waals surface area contributed by atoms with Crippen molar-refractivity contribution in [3.8, 4) is 0 Å². The van der Waals surface area contributed by atoms with Crippen LogP contribution in [0.25, 0.3) is 0 Å². The molecule has 0 unspecified atom stereocenters. The Labute approximate surface area is 130 Å². The minimum absolute atomic E-state index is 0.252. The van der Waals surface area contributed by atoms with E-state index >= 15 is 0 Å². The van der Waals surface area contributed by atoms with Crippen LogP contribution in [0, 0.1) is 0 Å². The number of carbonyl (C=O) groups is 1. The predicted octanol–water partition coefficient (Wildman–Crippen LogP) is 1.74. The molecule has 0 radical (unpaired) electrons. The van der Waals surface area contributed by atoms with E-state index in [4.69, 9.17) is 5.73 Å². The number of aryl methyl sites for hydroxylation is 1. The SMILES string of the molecule is C[C@@H]1CCCCN1C1CN(C(=O)CCc2csc(N)n2)C1. The van der Waals surface area contributed by atoms with E-state index in [1.807, 2.05) is 10.3 Å². The maximum Gasteiger partial charge on any atom is 0.223 e. The van der Waals surface area contributed by atoms with Gasteiger partial charge in [-0.2, -0.15) is 0 Å². The Morgan fingerprint density at radius 1 is 1.48 bits per heavy atom. The zero-order chi connectivity index (χ0) is 14.8. The van der Waals surface area contributed by atoms with Crippen molar-refractivity contribution in [3.63, 3.8) is 0 Å². The Hall–Kier alpha value is -1.14. The van der Waals surface area contributed by atoms with Crippen LogP contribution in [-0.4, -0.2) is 52.4 Å². The molecule has 1 aromatic rings. The summed E-state index contributed by atoms with van der Waals surface area (Å²) in [6, 6.07) is 1.26. The third-order valence-electron chi connectivity index (χ3n) is 4.70.